The molecule has 0 spiro atoms. The maximum absolute atomic E-state index is 13.0. The van der Waals surface area contributed by atoms with E-state index in [1.165, 1.54) is 12.1 Å². The van der Waals surface area contributed by atoms with Crippen LogP contribution in [0.1, 0.15) is 21.5 Å². The summed E-state index contributed by atoms with van der Waals surface area (Å²) in [5, 5.41) is 3.41. The Bertz CT molecular complexity index is 1560. The summed E-state index contributed by atoms with van der Waals surface area (Å²) in [5.74, 6) is 0.360. The molecule has 36 heavy (non-hydrogen) atoms. The summed E-state index contributed by atoms with van der Waals surface area (Å²) in [5.41, 5.74) is 2.31. The number of nitrogens with one attached hydrogen (secondary N) is 2. The number of nitrogens with zero attached hydrogens (tertiary/aromatic N) is 2. The van der Waals surface area contributed by atoms with Crippen molar-refractivity contribution in [2.75, 3.05) is 5.32 Å². The minimum atomic E-state index is -4.54. The first-order valence-corrected chi connectivity index (χ1v) is 10.9. The lowest BCUT2D eigenvalue weighted by Crippen LogP contribution is -2.14. The Hall–Kier alpha value is -4.66. The molecule has 5 rings (SSSR count). The number of aryl methyl sites for hydroxylation is 1. The summed E-state index contributed by atoms with van der Waals surface area (Å²) in [4.78, 5) is 24.5. The average Bonchev–Trinajstić information content (AvgIpc) is 3.35. The fourth-order valence-corrected chi connectivity index (χ4v) is 3.70. The molecule has 180 valence electrons. The van der Waals surface area contributed by atoms with Crippen LogP contribution in [0.4, 0.5) is 18.9 Å². The van der Waals surface area contributed by atoms with Gasteiger partial charge in [0.25, 0.3) is 5.91 Å². The van der Waals surface area contributed by atoms with Gasteiger partial charge in [-0.25, -0.2) is 4.98 Å². The molecule has 0 aliphatic heterocycles. The van der Waals surface area contributed by atoms with Crippen molar-refractivity contribution in [3.63, 3.8) is 0 Å². The number of amides is 1. The number of fused-ring (bicyclic) bond motifs is 1. The Morgan fingerprint density at radius 1 is 1.00 bits per heavy atom. The number of anilines is 1. The minimum Gasteiger partial charge on any atom is -0.456 e. The Morgan fingerprint density at radius 2 is 1.86 bits per heavy atom. The van der Waals surface area contributed by atoms with Gasteiger partial charge < -0.3 is 15.0 Å². The number of H-pyrrole nitrogens is 1. The molecule has 0 aliphatic carbocycles. The second-order valence-corrected chi connectivity index (χ2v) is 8.10. The highest BCUT2D eigenvalue weighted by Crippen LogP contribution is 2.35. The molecule has 5 aromatic rings. The number of ether oxygens (including phenoxy) is 1. The SMILES string of the molecule is Cc1ccc(NC(=O)c2cccc(C(F)(F)F)c2)cc1Oc1cc(-c2cccnc2)nc2[nH]ccc12. The first-order chi connectivity index (χ1) is 17.3. The van der Waals surface area contributed by atoms with E-state index >= 15 is 0 Å². The van der Waals surface area contributed by atoms with E-state index in [-0.39, 0.29) is 5.56 Å². The van der Waals surface area contributed by atoms with Crippen molar-refractivity contribution in [3.8, 4) is 22.8 Å². The van der Waals surface area contributed by atoms with Crippen LogP contribution < -0.4 is 10.1 Å². The number of hydrogen-bond acceptors (Lipinski definition) is 4. The van der Waals surface area contributed by atoms with Crippen molar-refractivity contribution < 1.29 is 22.7 Å². The van der Waals surface area contributed by atoms with Crippen molar-refractivity contribution in [1.82, 2.24) is 15.0 Å². The van der Waals surface area contributed by atoms with E-state index < -0.39 is 17.6 Å². The number of halogens is 3. The number of carbonyl (C=O) groups is 1. The predicted octanol–water partition coefficient (Wildman–Crippen LogP) is 7.00. The van der Waals surface area contributed by atoms with Gasteiger partial charge in [0.15, 0.2) is 0 Å². The van der Waals surface area contributed by atoms with Gasteiger partial charge in [0.1, 0.15) is 17.1 Å². The normalized spacial score (nSPS) is 11.4. The zero-order chi connectivity index (χ0) is 25.3. The van der Waals surface area contributed by atoms with Crippen molar-refractivity contribution in [3.05, 3.63) is 102 Å². The molecule has 9 heteroatoms. The largest absolute Gasteiger partial charge is 0.456 e. The highest BCUT2D eigenvalue weighted by atomic mass is 19.4. The molecule has 6 nitrogen and oxygen atoms in total. The topological polar surface area (TPSA) is 79.9 Å². The van der Waals surface area contributed by atoms with Gasteiger partial charge in [0, 0.05) is 47.5 Å². The van der Waals surface area contributed by atoms with Gasteiger partial charge in [-0.15, -0.1) is 0 Å². The lowest BCUT2D eigenvalue weighted by Gasteiger charge is -2.14. The predicted molar refractivity (Wildman–Crippen MR) is 130 cm³/mol. The molecule has 3 aromatic heterocycles. The van der Waals surface area contributed by atoms with Gasteiger partial charge in [-0.05, 0) is 55.0 Å². The molecule has 3 heterocycles. The lowest BCUT2D eigenvalue weighted by atomic mass is 10.1. The third-order valence-corrected chi connectivity index (χ3v) is 5.57. The summed E-state index contributed by atoms with van der Waals surface area (Å²) in [6.45, 7) is 1.85. The van der Waals surface area contributed by atoms with Crippen molar-refractivity contribution in [2.24, 2.45) is 0 Å². The highest BCUT2D eigenvalue weighted by Gasteiger charge is 2.30. The lowest BCUT2D eigenvalue weighted by molar-refractivity contribution is -0.137. The van der Waals surface area contributed by atoms with Crippen LogP contribution in [0.3, 0.4) is 0 Å². The van der Waals surface area contributed by atoms with E-state index in [1.807, 2.05) is 25.1 Å². The summed E-state index contributed by atoms with van der Waals surface area (Å²) in [6.07, 6.45) is 0.604. The summed E-state index contributed by atoms with van der Waals surface area (Å²) < 4.78 is 45.3. The number of benzene rings is 2. The van der Waals surface area contributed by atoms with E-state index in [0.29, 0.717) is 28.5 Å². The summed E-state index contributed by atoms with van der Waals surface area (Å²) in [6, 6.07) is 16.7. The van der Waals surface area contributed by atoms with Crippen molar-refractivity contribution >= 4 is 22.6 Å². The zero-order valence-corrected chi connectivity index (χ0v) is 18.9. The second-order valence-electron chi connectivity index (χ2n) is 8.10. The number of aromatic nitrogens is 3. The molecule has 0 radical (unpaired) electrons. The van der Waals surface area contributed by atoms with Gasteiger partial charge >= 0.3 is 6.18 Å². The molecule has 0 bridgehead atoms. The highest BCUT2D eigenvalue weighted by molar-refractivity contribution is 6.04. The number of pyridine rings is 2. The van der Waals surface area contributed by atoms with E-state index in [1.54, 1.807) is 42.9 Å². The Labute approximate surface area is 203 Å². The van der Waals surface area contributed by atoms with Gasteiger partial charge in [0.2, 0.25) is 0 Å². The summed E-state index contributed by atoms with van der Waals surface area (Å²) in [7, 11) is 0. The Balaban J connectivity index is 1.44. The molecule has 0 atom stereocenters. The molecular weight excluding hydrogens is 469 g/mol. The molecule has 1 amide bonds. The third-order valence-electron chi connectivity index (χ3n) is 5.57. The van der Waals surface area contributed by atoms with Gasteiger partial charge in [-0.3, -0.25) is 9.78 Å². The Kier molecular flexibility index (Phi) is 5.89. The molecule has 2 N–H and O–H groups in total. The van der Waals surface area contributed by atoms with Crippen LogP contribution in [0.25, 0.3) is 22.3 Å². The maximum Gasteiger partial charge on any atom is 0.416 e. The average molecular weight is 488 g/mol. The van der Waals surface area contributed by atoms with E-state index in [0.717, 1.165) is 28.6 Å². The quantitative estimate of drug-likeness (QED) is 0.279. The minimum absolute atomic E-state index is 0.0999. The van der Waals surface area contributed by atoms with Crippen LogP contribution in [-0.4, -0.2) is 20.9 Å². The van der Waals surface area contributed by atoms with Crippen LogP contribution in [0, 0.1) is 6.92 Å². The maximum atomic E-state index is 13.0. The number of rotatable bonds is 5. The molecule has 0 saturated heterocycles. The number of alkyl halides is 3. The number of hydrogen-bond donors (Lipinski definition) is 2. The monoisotopic (exact) mass is 488 g/mol. The van der Waals surface area contributed by atoms with Crippen LogP contribution in [0.15, 0.2) is 85.3 Å². The molecule has 2 aromatic carbocycles. The van der Waals surface area contributed by atoms with E-state index in [2.05, 4.69) is 20.3 Å². The standard InChI is InChI=1S/C27H19F3N4O2/c1-16-7-8-20(33-26(35)17-4-2-6-19(12-17)27(28,29)30)13-23(16)36-24-14-22(18-5-3-10-31-15-18)34-25-21(24)9-11-32-25/h2-15H,1H3,(H,32,34)(H,33,35). The van der Waals surface area contributed by atoms with Crippen LogP contribution in [0.5, 0.6) is 11.5 Å². The zero-order valence-electron chi connectivity index (χ0n) is 18.9. The smallest absolute Gasteiger partial charge is 0.416 e. The fraction of sp³-hybridized carbons (Fsp3) is 0.0741. The van der Waals surface area contributed by atoms with Gasteiger partial charge in [-0.1, -0.05) is 12.1 Å². The Morgan fingerprint density at radius 3 is 2.64 bits per heavy atom. The molecule has 0 fully saturated rings. The first kappa shape index (κ1) is 23.1. The second kappa shape index (κ2) is 9.18. The number of aromatic amines is 1. The van der Waals surface area contributed by atoms with Crippen molar-refractivity contribution in [2.45, 2.75) is 13.1 Å². The van der Waals surface area contributed by atoms with Gasteiger partial charge in [0.05, 0.1) is 16.6 Å². The van der Waals surface area contributed by atoms with Crippen LogP contribution in [-0.2, 0) is 6.18 Å². The van der Waals surface area contributed by atoms with Crippen molar-refractivity contribution in [1.29, 1.82) is 0 Å². The van der Waals surface area contributed by atoms with Crippen LogP contribution in [0.2, 0.25) is 0 Å². The van der Waals surface area contributed by atoms with E-state index in [4.69, 9.17) is 4.74 Å². The third kappa shape index (κ3) is 4.76. The van der Waals surface area contributed by atoms with E-state index in [9.17, 15) is 18.0 Å². The molecule has 0 saturated carbocycles. The summed E-state index contributed by atoms with van der Waals surface area (Å²) >= 11 is 0. The molecule has 0 aliphatic rings. The fourth-order valence-electron chi connectivity index (χ4n) is 3.70. The first-order valence-electron chi connectivity index (χ1n) is 10.9. The van der Waals surface area contributed by atoms with Gasteiger partial charge in [-0.2, -0.15) is 13.2 Å². The molecular formula is C27H19F3N4O2. The number of carbonyl (C=O) groups excluding carboxylic acids is 1. The molecule has 0 unspecified atom stereocenters. The van der Waals surface area contributed by atoms with Crippen LogP contribution >= 0.6 is 0 Å².